The predicted octanol–water partition coefficient (Wildman–Crippen LogP) is 3.35. The quantitative estimate of drug-likeness (QED) is 0.618. The average Bonchev–Trinajstić information content (AvgIpc) is 3.14. The Balaban J connectivity index is 1.52. The fourth-order valence-electron chi connectivity index (χ4n) is 3.49. The standard InChI is InChI=1S/C22H23N5O2S/c1-3-26-19(13-16-9-5-4-6-10-16)24-25-22(26)30-15(2)21(29)27-14-20(28)23-17-11-7-8-12-18(17)27/h4-12,15H,3,13-14H2,1-2H3,(H,23,28)/t15-/m0/s1. The lowest BCUT2D eigenvalue weighted by Crippen LogP contribution is -2.45. The van der Waals surface area contributed by atoms with E-state index in [2.05, 4.69) is 27.6 Å². The van der Waals surface area contributed by atoms with E-state index >= 15 is 0 Å². The normalized spacial score (nSPS) is 14.2. The number of hydrogen-bond donors (Lipinski definition) is 1. The van der Waals surface area contributed by atoms with E-state index < -0.39 is 5.25 Å². The van der Waals surface area contributed by atoms with Crippen LogP contribution < -0.4 is 10.2 Å². The second-order valence-corrected chi connectivity index (χ2v) is 8.36. The number of rotatable bonds is 6. The first-order chi connectivity index (χ1) is 14.6. The summed E-state index contributed by atoms with van der Waals surface area (Å²) >= 11 is 1.37. The van der Waals surface area contributed by atoms with E-state index in [-0.39, 0.29) is 18.4 Å². The van der Waals surface area contributed by atoms with Crippen molar-refractivity contribution in [2.45, 2.75) is 37.2 Å². The van der Waals surface area contributed by atoms with Gasteiger partial charge in [-0.15, -0.1) is 10.2 Å². The van der Waals surface area contributed by atoms with Gasteiger partial charge in [0.2, 0.25) is 11.8 Å². The van der Waals surface area contributed by atoms with Crippen molar-refractivity contribution in [1.29, 1.82) is 0 Å². The van der Waals surface area contributed by atoms with Crippen LogP contribution >= 0.6 is 11.8 Å². The molecule has 1 aliphatic heterocycles. The average molecular weight is 422 g/mol. The molecule has 0 fully saturated rings. The summed E-state index contributed by atoms with van der Waals surface area (Å²) in [5.74, 6) is 0.548. The Morgan fingerprint density at radius 3 is 2.63 bits per heavy atom. The highest BCUT2D eigenvalue weighted by atomic mass is 32.2. The maximum Gasteiger partial charge on any atom is 0.244 e. The smallest absolute Gasteiger partial charge is 0.244 e. The van der Waals surface area contributed by atoms with Crippen molar-refractivity contribution in [1.82, 2.24) is 14.8 Å². The lowest BCUT2D eigenvalue weighted by molar-refractivity contribution is -0.121. The SMILES string of the molecule is CCn1c(Cc2ccccc2)nnc1S[C@@H](C)C(=O)N1CC(=O)Nc2ccccc21. The number of thioether (sulfide) groups is 1. The zero-order chi connectivity index (χ0) is 21.1. The van der Waals surface area contributed by atoms with Gasteiger partial charge in [0.05, 0.1) is 16.6 Å². The number of para-hydroxylation sites is 2. The number of carbonyl (C=O) groups excluding carboxylic acids is 2. The summed E-state index contributed by atoms with van der Waals surface area (Å²) in [5.41, 5.74) is 2.54. The number of hydrogen-bond acceptors (Lipinski definition) is 5. The molecule has 0 bridgehead atoms. The van der Waals surface area contributed by atoms with Gasteiger partial charge >= 0.3 is 0 Å². The van der Waals surface area contributed by atoms with Gasteiger partial charge in [-0.05, 0) is 31.5 Å². The zero-order valence-corrected chi connectivity index (χ0v) is 17.7. The molecule has 0 unspecified atom stereocenters. The van der Waals surface area contributed by atoms with Gasteiger partial charge in [-0.2, -0.15) is 0 Å². The molecule has 1 aliphatic rings. The molecular weight excluding hydrogens is 398 g/mol. The summed E-state index contributed by atoms with van der Waals surface area (Å²) in [7, 11) is 0. The molecule has 0 saturated heterocycles. The van der Waals surface area contributed by atoms with Crippen LogP contribution in [0.25, 0.3) is 0 Å². The van der Waals surface area contributed by atoms with E-state index in [1.54, 1.807) is 11.0 Å². The molecule has 1 aromatic heterocycles. The summed E-state index contributed by atoms with van der Waals surface area (Å²) < 4.78 is 2.04. The van der Waals surface area contributed by atoms with Gasteiger partial charge in [0.15, 0.2) is 5.16 Å². The van der Waals surface area contributed by atoms with Crippen molar-refractivity contribution in [2.24, 2.45) is 0 Å². The summed E-state index contributed by atoms with van der Waals surface area (Å²) in [6.45, 7) is 4.61. The van der Waals surface area contributed by atoms with E-state index in [0.717, 1.165) is 17.1 Å². The lowest BCUT2D eigenvalue weighted by Gasteiger charge is -2.30. The Labute approximate surface area is 179 Å². The zero-order valence-electron chi connectivity index (χ0n) is 16.9. The Morgan fingerprint density at radius 1 is 1.13 bits per heavy atom. The molecule has 7 nitrogen and oxygen atoms in total. The molecule has 0 spiro atoms. The number of aromatic nitrogens is 3. The largest absolute Gasteiger partial charge is 0.323 e. The summed E-state index contributed by atoms with van der Waals surface area (Å²) in [6.07, 6.45) is 0.685. The van der Waals surface area contributed by atoms with Gasteiger partial charge in [-0.3, -0.25) is 14.5 Å². The molecule has 3 aromatic rings. The van der Waals surface area contributed by atoms with E-state index in [0.29, 0.717) is 23.8 Å². The summed E-state index contributed by atoms with van der Waals surface area (Å²) in [5, 5.41) is 11.8. The first kappa shape index (κ1) is 20.2. The third-order valence-electron chi connectivity index (χ3n) is 4.98. The van der Waals surface area contributed by atoms with Crippen LogP contribution in [-0.4, -0.2) is 38.4 Å². The molecule has 2 amide bonds. The minimum Gasteiger partial charge on any atom is -0.323 e. The molecule has 1 atom stereocenters. The molecular formula is C22H23N5O2S. The molecule has 154 valence electrons. The molecule has 2 aromatic carbocycles. The second-order valence-electron chi connectivity index (χ2n) is 7.06. The van der Waals surface area contributed by atoms with E-state index in [4.69, 9.17) is 0 Å². The number of nitrogens with one attached hydrogen (secondary N) is 1. The fourth-order valence-corrected chi connectivity index (χ4v) is 4.48. The number of benzene rings is 2. The van der Waals surface area contributed by atoms with Crippen LogP contribution in [0.3, 0.4) is 0 Å². The van der Waals surface area contributed by atoms with Crippen LogP contribution in [0.15, 0.2) is 59.8 Å². The summed E-state index contributed by atoms with van der Waals surface area (Å²) in [4.78, 5) is 26.8. The summed E-state index contributed by atoms with van der Waals surface area (Å²) in [6, 6.07) is 17.5. The fraction of sp³-hybridized carbons (Fsp3) is 0.273. The van der Waals surface area contributed by atoms with Crippen molar-refractivity contribution in [2.75, 3.05) is 16.8 Å². The van der Waals surface area contributed by atoms with Gasteiger partial charge in [0, 0.05) is 13.0 Å². The molecule has 1 N–H and O–H groups in total. The van der Waals surface area contributed by atoms with Gasteiger partial charge in [0.25, 0.3) is 0 Å². The van der Waals surface area contributed by atoms with E-state index in [9.17, 15) is 9.59 Å². The van der Waals surface area contributed by atoms with Gasteiger partial charge in [0.1, 0.15) is 12.4 Å². The van der Waals surface area contributed by atoms with E-state index in [1.807, 2.05) is 54.8 Å². The Kier molecular flexibility index (Phi) is 5.85. The van der Waals surface area contributed by atoms with Crippen molar-refractivity contribution in [3.63, 3.8) is 0 Å². The first-order valence-electron chi connectivity index (χ1n) is 9.89. The second kappa shape index (κ2) is 8.71. The predicted molar refractivity (Wildman–Crippen MR) is 118 cm³/mol. The molecule has 0 radical (unpaired) electrons. The molecule has 0 aliphatic carbocycles. The maximum absolute atomic E-state index is 13.2. The monoisotopic (exact) mass is 421 g/mol. The highest BCUT2D eigenvalue weighted by Gasteiger charge is 2.31. The minimum absolute atomic E-state index is 0.0144. The van der Waals surface area contributed by atoms with Crippen LogP contribution in [0.1, 0.15) is 25.2 Å². The number of carbonyl (C=O) groups is 2. The van der Waals surface area contributed by atoms with Crippen molar-refractivity contribution < 1.29 is 9.59 Å². The molecule has 30 heavy (non-hydrogen) atoms. The van der Waals surface area contributed by atoms with E-state index in [1.165, 1.54) is 11.8 Å². The number of amides is 2. The van der Waals surface area contributed by atoms with Crippen LogP contribution in [0, 0.1) is 0 Å². The van der Waals surface area contributed by atoms with Gasteiger partial charge in [-0.1, -0.05) is 54.2 Å². The van der Waals surface area contributed by atoms with Crippen LogP contribution in [0.5, 0.6) is 0 Å². The minimum atomic E-state index is -0.414. The highest BCUT2D eigenvalue weighted by Crippen LogP contribution is 2.32. The van der Waals surface area contributed by atoms with Crippen molar-refractivity contribution >= 4 is 35.0 Å². The molecule has 4 rings (SSSR count). The maximum atomic E-state index is 13.2. The molecule has 2 heterocycles. The van der Waals surface area contributed by atoms with Crippen LogP contribution in [0.2, 0.25) is 0 Å². The number of nitrogens with zero attached hydrogens (tertiary/aromatic N) is 4. The third-order valence-corrected chi connectivity index (χ3v) is 6.05. The Morgan fingerprint density at radius 2 is 1.87 bits per heavy atom. The third kappa shape index (κ3) is 4.09. The molecule has 0 saturated carbocycles. The van der Waals surface area contributed by atoms with Gasteiger partial charge in [-0.25, -0.2) is 0 Å². The van der Waals surface area contributed by atoms with Crippen LogP contribution in [-0.2, 0) is 22.6 Å². The van der Waals surface area contributed by atoms with Gasteiger partial charge < -0.3 is 9.88 Å². The highest BCUT2D eigenvalue weighted by molar-refractivity contribution is 8.00. The first-order valence-corrected chi connectivity index (χ1v) is 10.8. The number of fused-ring (bicyclic) bond motifs is 1. The topological polar surface area (TPSA) is 80.1 Å². The Hall–Kier alpha value is -3.13. The Bertz CT molecular complexity index is 1070. The molecule has 8 heteroatoms. The van der Waals surface area contributed by atoms with Crippen LogP contribution in [0.4, 0.5) is 11.4 Å². The van der Waals surface area contributed by atoms with Crippen molar-refractivity contribution in [3.05, 3.63) is 66.0 Å². The number of anilines is 2. The lowest BCUT2D eigenvalue weighted by atomic mass is 10.1. The van der Waals surface area contributed by atoms with Crippen molar-refractivity contribution in [3.8, 4) is 0 Å².